The van der Waals surface area contributed by atoms with Crippen LogP contribution in [-0.2, 0) is 4.74 Å². The van der Waals surface area contributed by atoms with Crippen LogP contribution in [0.2, 0.25) is 0 Å². The summed E-state index contributed by atoms with van der Waals surface area (Å²) in [6.45, 7) is 15.2. The highest BCUT2D eigenvalue weighted by atomic mass is 16.5. The molecule has 0 radical (unpaired) electrons. The molecule has 0 N–H and O–H groups in total. The van der Waals surface area contributed by atoms with Crippen molar-refractivity contribution in [2.24, 2.45) is 5.92 Å². The van der Waals surface area contributed by atoms with E-state index < -0.39 is 0 Å². The number of hydrogen-bond acceptors (Lipinski definition) is 3. The molecule has 3 nitrogen and oxygen atoms in total. The van der Waals surface area contributed by atoms with Crippen molar-refractivity contribution in [2.75, 3.05) is 32.7 Å². The van der Waals surface area contributed by atoms with Gasteiger partial charge in [0.25, 0.3) is 0 Å². The van der Waals surface area contributed by atoms with Gasteiger partial charge in [0.2, 0.25) is 0 Å². The average Bonchev–Trinajstić information content (AvgIpc) is 2.37. The predicted molar refractivity (Wildman–Crippen MR) is 80.5 cm³/mol. The molecule has 0 aromatic rings. The molecule has 3 atom stereocenters. The maximum Gasteiger partial charge on any atom is 0.0678 e. The summed E-state index contributed by atoms with van der Waals surface area (Å²) in [5.41, 5.74) is 0. The number of nitrogens with zero attached hydrogens (tertiary/aromatic N) is 2. The van der Waals surface area contributed by atoms with Crippen LogP contribution in [0.4, 0.5) is 0 Å². The van der Waals surface area contributed by atoms with Gasteiger partial charge in [-0.15, -0.1) is 0 Å². The van der Waals surface area contributed by atoms with Gasteiger partial charge in [0.05, 0.1) is 12.2 Å². The Labute approximate surface area is 119 Å². The quantitative estimate of drug-likeness (QED) is 0.779. The summed E-state index contributed by atoms with van der Waals surface area (Å²) in [4.78, 5) is 5.30. The molecule has 2 aliphatic rings. The maximum atomic E-state index is 5.82. The van der Waals surface area contributed by atoms with E-state index in [1.165, 1.54) is 38.9 Å². The summed E-state index contributed by atoms with van der Waals surface area (Å²) in [6.07, 6.45) is 4.85. The lowest BCUT2D eigenvalue weighted by Gasteiger charge is -2.40. The van der Waals surface area contributed by atoms with Gasteiger partial charge in [-0.3, -0.25) is 4.90 Å². The Morgan fingerprint density at radius 2 is 1.68 bits per heavy atom. The van der Waals surface area contributed by atoms with E-state index in [1.54, 1.807) is 0 Å². The van der Waals surface area contributed by atoms with Crippen molar-refractivity contribution < 1.29 is 4.74 Å². The lowest BCUT2D eigenvalue weighted by Crippen LogP contribution is -2.49. The molecule has 0 spiro atoms. The van der Waals surface area contributed by atoms with Gasteiger partial charge >= 0.3 is 0 Å². The van der Waals surface area contributed by atoms with E-state index in [0.29, 0.717) is 12.2 Å². The first kappa shape index (κ1) is 15.3. The van der Waals surface area contributed by atoms with Crippen LogP contribution in [0.3, 0.4) is 0 Å². The summed E-state index contributed by atoms with van der Waals surface area (Å²) >= 11 is 0. The van der Waals surface area contributed by atoms with Crippen LogP contribution in [0.15, 0.2) is 0 Å². The molecule has 112 valence electrons. The second kappa shape index (κ2) is 7.05. The van der Waals surface area contributed by atoms with Gasteiger partial charge in [0.1, 0.15) is 0 Å². The summed E-state index contributed by atoms with van der Waals surface area (Å²) in [7, 11) is 0. The number of likely N-dealkylation sites (tertiary alicyclic amines) is 1. The second-order valence-corrected chi connectivity index (χ2v) is 6.71. The Bertz CT molecular complexity index is 253. The normalized spacial score (nSPS) is 33.5. The van der Waals surface area contributed by atoms with Crippen molar-refractivity contribution in [3.8, 4) is 0 Å². The smallest absolute Gasteiger partial charge is 0.0678 e. The first-order valence-corrected chi connectivity index (χ1v) is 8.20. The van der Waals surface area contributed by atoms with Gasteiger partial charge in [-0.25, -0.2) is 0 Å². The lowest BCUT2D eigenvalue weighted by atomic mass is 9.94. The number of hydrogen-bond donors (Lipinski definition) is 0. The molecular formula is C16H32N2O. The Morgan fingerprint density at radius 1 is 1.11 bits per heavy atom. The van der Waals surface area contributed by atoms with Crippen LogP contribution in [0.1, 0.15) is 47.0 Å². The highest BCUT2D eigenvalue weighted by Crippen LogP contribution is 2.22. The van der Waals surface area contributed by atoms with Crippen LogP contribution in [0.5, 0.6) is 0 Å². The van der Waals surface area contributed by atoms with E-state index in [4.69, 9.17) is 4.74 Å². The molecule has 0 aliphatic carbocycles. The summed E-state index contributed by atoms with van der Waals surface area (Å²) in [5.74, 6) is 0.901. The van der Waals surface area contributed by atoms with Crippen LogP contribution < -0.4 is 0 Å². The van der Waals surface area contributed by atoms with E-state index >= 15 is 0 Å². The lowest BCUT2D eigenvalue weighted by molar-refractivity contribution is -0.0734. The van der Waals surface area contributed by atoms with E-state index in [1.807, 2.05) is 0 Å². The number of ether oxygens (including phenoxy) is 1. The molecule has 2 fully saturated rings. The molecule has 2 rings (SSSR count). The largest absolute Gasteiger partial charge is 0.373 e. The maximum absolute atomic E-state index is 5.82. The molecule has 2 heterocycles. The van der Waals surface area contributed by atoms with Gasteiger partial charge in [-0.1, -0.05) is 6.92 Å². The minimum absolute atomic E-state index is 0.406. The third-order valence-electron chi connectivity index (χ3n) is 4.87. The fourth-order valence-electron chi connectivity index (χ4n) is 3.63. The van der Waals surface area contributed by atoms with E-state index in [9.17, 15) is 0 Å². The van der Waals surface area contributed by atoms with Gasteiger partial charge in [-0.05, 0) is 59.0 Å². The molecule has 0 saturated carbocycles. The SMILES string of the molecule is CC[C@H](C)N1CCC(CN2C[C@H](C)O[C@@H](C)C2)CC1. The Hall–Kier alpha value is -0.120. The first-order valence-electron chi connectivity index (χ1n) is 8.20. The molecule has 3 heteroatoms. The Balaban J connectivity index is 1.73. The van der Waals surface area contributed by atoms with Gasteiger partial charge in [-0.2, -0.15) is 0 Å². The van der Waals surface area contributed by atoms with Crippen molar-refractivity contribution in [2.45, 2.75) is 65.2 Å². The van der Waals surface area contributed by atoms with Crippen LogP contribution in [0.25, 0.3) is 0 Å². The molecule has 2 aliphatic heterocycles. The molecule has 0 unspecified atom stereocenters. The van der Waals surface area contributed by atoms with Gasteiger partial charge in [0, 0.05) is 25.7 Å². The highest BCUT2D eigenvalue weighted by Gasteiger charge is 2.27. The predicted octanol–water partition coefficient (Wildman–Crippen LogP) is 2.61. The topological polar surface area (TPSA) is 15.7 Å². The Morgan fingerprint density at radius 3 is 2.21 bits per heavy atom. The van der Waals surface area contributed by atoms with Gasteiger partial charge < -0.3 is 9.64 Å². The number of rotatable bonds is 4. The molecular weight excluding hydrogens is 236 g/mol. The minimum Gasteiger partial charge on any atom is -0.373 e. The standard InChI is InChI=1S/C16H32N2O/c1-5-13(2)18-8-6-16(7-9-18)12-17-10-14(3)19-15(4)11-17/h13-16H,5-12H2,1-4H3/t13-,14-,15-/m0/s1. The molecule has 19 heavy (non-hydrogen) atoms. The molecule has 0 amide bonds. The second-order valence-electron chi connectivity index (χ2n) is 6.71. The highest BCUT2D eigenvalue weighted by molar-refractivity contribution is 4.80. The van der Waals surface area contributed by atoms with E-state index in [2.05, 4.69) is 37.5 Å². The third kappa shape index (κ3) is 4.44. The zero-order valence-electron chi connectivity index (χ0n) is 13.3. The van der Waals surface area contributed by atoms with Crippen LogP contribution in [0, 0.1) is 5.92 Å². The fraction of sp³-hybridized carbons (Fsp3) is 1.00. The zero-order chi connectivity index (χ0) is 13.8. The van der Waals surface area contributed by atoms with Crippen LogP contribution in [-0.4, -0.2) is 60.8 Å². The summed E-state index contributed by atoms with van der Waals surface area (Å²) in [6, 6.07) is 0.768. The third-order valence-corrected chi connectivity index (χ3v) is 4.87. The summed E-state index contributed by atoms with van der Waals surface area (Å²) in [5, 5.41) is 0. The monoisotopic (exact) mass is 268 g/mol. The fourth-order valence-corrected chi connectivity index (χ4v) is 3.63. The van der Waals surface area contributed by atoms with Crippen molar-refractivity contribution in [1.82, 2.24) is 9.80 Å². The number of morpholine rings is 1. The average molecular weight is 268 g/mol. The molecule has 2 saturated heterocycles. The van der Waals surface area contributed by atoms with E-state index in [-0.39, 0.29) is 0 Å². The minimum atomic E-state index is 0.406. The molecule has 0 bridgehead atoms. The molecule has 0 aromatic carbocycles. The van der Waals surface area contributed by atoms with Crippen molar-refractivity contribution in [3.63, 3.8) is 0 Å². The first-order chi connectivity index (χ1) is 9.08. The van der Waals surface area contributed by atoms with Crippen LogP contribution >= 0.6 is 0 Å². The zero-order valence-corrected chi connectivity index (χ0v) is 13.3. The summed E-state index contributed by atoms with van der Waals surface area (Å²) < 4.78 is 5.82. The van der Waals surface area contributed by atoms with Crippen molar-refractivity contribution in [1.29, 1.82) is 0 Å². The van der Waals surface area contributed by atoms with E-state index in [0.717, 1.165) is 25.0 Å². The van der Waals surface area contributed by atoms with Crippen molar-refractivity contribution >= 4 is 0 Å². The Kier molecular flexibility index (Phi) is 5.67. The van der Waals surface area contributed by atoms with Crippen molar-refractivity contribution in [3.05, 3.63) is 0 Å². The molecule has 0 aromatic heterocycles. The van der Waals surface area contributed by atoms with Gasteiger partial charge in [0.15, 0.2) is 0 Å². The number of piperidine rings is 1.